The van der Waals surface area contributed by atoms with Crippen LogP contribution in [0, 0.1) is 16.7 Å². The minimum Gasteiger partial charge on any atom is -0.0651 e. The van der Waals surface area contributed by atoms with E-state index in [1.54, 1.807) is 0 Å². The summed E-state index contributed by atoms with van der Waals surface area (Å²) in [5.41, 5.74) is 1.00. The van der Waals surface area contributed by atoms with Crippen LogP contribution in [0.3, 0.4) is 0 Å². The van der Waals surface area contributed by atoms with Crippen molar-refractivity contribution < 1.29 is 0 Å². The van der Waals surface area contributed by atoms with Gasteiger partial charge in [-0.05, 0) is 16.7 Å². The molecule has 0 N–H and O–H groups in total. The largest absolute Gasteiger partial charge is 0.0651 e. The van der Waals surface area contributed by atoms with E-state index >= 15 is 0 Å². The second-order valence-corrected chi connectivity index (χ2v) is 7.80. The van der Waals surface area contributed by atoms with E-state index in [9.17, 15) is 0 Å². The highest BCUT2D eigenvalue weighted by Gasteiger charge is 1.96. The monoisotopic (exact) mass is 216 g/mol. The zero-order chi connectivity index (χ0) is 13.3. The van der Waals surface area contributed by atoms with Crippen molar-refractivity contribution >= 4 is 0 Å². The molecular formula is C15H36. The minimum absolute atomic E-state index is 0.500. The highest BCUT2D eigenvalue weighted by atomic mass is 14.0. The molecule has 0 saturated heterocycles. The van der Waals surface area contributed by atoms with Crippen molar-refractivity contribution in [1.82, 2.24) is 0 Å². The van der Waals surface area contributed by atoms with Crippen molar-refractivity contribution in [3.05, 3.63) is 0 Å². The Labute approximate surface area is 99.9 Å². The molecule has 96 valence electrons. The van der Waals surface area contributed by atoms with E-state index in [4.69, 9.17) is 0 Å². The smallest absolute Gasteiger partial charge is 0.0411 e. The van der Waals surface area contributed by atoms with Crippen molar-refractivity contribution in [3.8, 4) is 0 Å². The summed E-state index contributed by atoms with van der Waals surface area (Å²) < 4.78 is 0. The summed E-state index contributed by atoms with van der Waals surface area (Å²) in [6.45, 7) is 24.1. The summed E-state index contributed by atoms with van der Waals surface area (Å²) in [6, 6.07) is 0. The van der Waals surface area contributed by atoms with E-state index in [1.165, 1.54) is 6.42 Å². The molecule has 0 amide bonds. The van der Waals surface area contributed by atoms with Gasteiger partial charge in [0.25, 0.3) is 0 Å². The van der Waals surface area contributed by atoms with Crippen LogP contribution in [0.5, 0.6) is 0 Å². The maximum absolute atomic E-state index is 2.22. The Hall–Kier alpha value is 0. The Bertz CT molecular complexity index is 83.0. The molecule has 0 saturated carbocycles. The van der Waals surface area contributed by atoms with Crippen LogP contribution in [0.2, 0.25) is 0 Å². The van der Waals surface area contributed by atoms with Crippen LogP contribution in [0.4, 0.5) is 0 Å². The number of hydrogen-bond acceptors (Lipinski definition) is 0. The van der Waals surface area contributed by atoms with E-state index in [0.29, 0.717) is 10.8 Å². The molecule has 0 heteroatoms. The maximum atomic E-state index is 2.22. The fraction of sp³-hybridized carbons (Fsp3) is 1.00. The molecule has 0 fully saturated rings. The lowest BCUT2D eigenvalue weighted by molar-refractivity contribution is 0.469. The van der Waals surface area contributed by atoms with Gasteiger partial charge in [0.15, 0.2) is 0 Å². The van der Waals surface area contributed by atoms with Gasteiger partial charge in [0, 0.05) is 0 Å². The van der Waals surface area contributed by atoms with Crippen molar-refractivity contribution in [2.75, 3.05) is 0 Å². The highest BCUT2D eigenvalue weighted by molar-refractivity contribution is 4.47. The fourth-order valence-electron chi connectivity index (χ4n) is 0. The SMILES string of the molecule is CC(C)(C)C.CC(C)(C)C.CCC(C)C. The highest BCUT2D eigenvalue weighted by Crippen LogP contribution is 2.08. The van der Waals surface area contributed by atoms with Gasteiger partial charge in [-0.3, -0.25) is 0 Å². The zero-order valence-corrected chi connectivity index (χ0v) is 13.3. The number of rotatable bonds is 1. The molecule has 0 aromatic heterocycles. The molecule has 0 unspecified atom stereocenters. The van der Waals surface area contributed by atoms with E-state index in [1.807, 2.05) is 0 Å². The summed E-state index contributed by atoms with van der Waals surface area (Å²) in [6.07, 6.45) is 1.31. The Morgan fingerprint density at radius 3 is 0.733 bits per heavy atom. The Morgan fingerprint density at radius 2 is 0.733 bits per heavy atom. The molecule has 0 heterocycles. The first-order valence-electron chi connectivity index (χ1n) is 6.27. The summed E-state index contributed by atoms with van der Waals surface area (Å²) in [4.78, 5) is 0. The molecule has 0 rings (SSSR count). The predicted octanol–water partition coefficient (Wildman–Crippen LogP) is 6.16. The van der Waals surface area contributed by atoms with Gasteiger partial charge in [-0.25, -0.2) is 0 Å². The van der Waals surface area contributed by atoms with Crippen LogP contribution in [-0.4, -0.2) is 0 Å². The molecular weight excluding hydrogens is 180 g/mol. The summed E-state index contributed by atoms with van der Waals surface area (Å²) in [7, 11) is 0. The average molecular weight is 216 g/mol. The van der Waals surface area contributed by atoms with Crippen molar-refractivity contribution in [1.29, 1.82) is 0 Å². The molecule has 15 heavy (non-hydrogen) atoms. The number of hydrogen-bond donors (Lipinski definition) is 0. The second kappa shape index (κ2) is 9.24. The Kier molecular flexibility index (Phi) is 12.6. The lowest BCUT2D eigenvalue weighted by atomic mass is 10.0. The summed E-state index contributed by atoms with van der Waals surface area (Å²) in [5, 5.41) is 0. The van der Waals surface area contributed by atoms with Crippen LogP contribution in [0.15, 0.2) is 0 Å². The van der Waals surface area contributed by atoms with Gasteiger partial charge in [0.05, 0.1) is 0 Å². The first-order valence-corrected chi connectivity index (χ1v) is 6.27. The quantitative estimate of drug-likeness (QED) is 0.492. The molecule has 0 aliphatic carbocycles. The van der Waals surface area contributed by atoms with Crippen molar-refractivity contribution in [2.24, 2.45) is 16.7 Å². The molecule has 0 nitrogen and oxygen atoms in total. The molecule has 0 atom stereocenters. The van der Waals surface area contributed by atoms with Gasteiger partial charge < -0.3 is 0 Å². The topological polar surface area (TPSA) is 0 Å². The molecule has 0 spiro atoms. The predicted molar refractivity (Wildman–Crippen MR) is 75.4 cm³/mol. The van der Waals surface area contributed by atoms with E-state index in [2.05, 4.69) is 76.2 Å². The summed E-state index contributed by atoms with van der Waals surface area (Å²) in [5.74, 6) is 0.884. The Balaban J connectivity index is -0.000000144. The van der Waals surface area contributed by atoms with Gasteiger partial charge in [-0.1, -0.05) is 82.6 Å². The third kappa shape index (κ3) is 504. The standard InChI is InChI=1S/3C5H12/c2*1-5(2,3)4;1-4-5(2)3/h2*1-4H3;5H,4H2,1-3H3. The molecule has 0 aromatic rings. The van der Waals surface area contributed by atoms with Crippen LogP contribution in [-0.2, 0) is 0 Å². The van der Waals surface area contributed by atoms with Crippen LogP contribution >= 0.6 is 0 Å². The van der Waals surface area contributed by atoms with Crippen LogP contribution in [0.1, 0.15) is 82.6 Å². The van der Waals surface area contributed by atoms with Gasteiger partial charge in [0.2, 0.25) is 0 Å². The Morgan fingerprint density at radius 1 is 0.667 bits per heavy atom. The van der Waals surface area contributed by atoms with Gasteiger partial charge in [0.1, 0.15) is 0 Å². The van der Waals surface area contributed by atoms with Crippen molar-refractivity contribution in [2.45, 2.75) is 82.6 Å². The van der Waals surface area contributed by atoms with Gasteiger partial charge in [-0.2, -0.15) is 0 Å². The van der Waals surface area contributed by atoms with Crippen molar-refractivity contribution in [3.63, 3.8) is 0 Å². The lowest BCUT2D eigenvalue weighted by Crippen LogP contribution is -1.93. The third-order valence-corrected chi connectivity index (χ3v) is 0.816. The molecule has 0 aliphatic heterocycles. The zero-order valence-electron chi connectivity index (χ0n) is 13.3. The fourth-order valence-corrected chi connectivity index (χ4v) is 0. The lowest BCUT2D eigenvalue weighted by Gasteiger charge is -2.05. The maximum Gasteiger partial charge on any atom is -0.0411 e. The average Bonchev–Trinajstić information content (AvgIpc) is 1.79. The first-order chi connectivity index (χ1) is 6.27. The van der Waals surface area contributed by atoms with Crippen LogP contribution < -0.4 is 0 Å². The van der Waals surface area contributed by atoms with E-state index < -0.39 is 0 Å². The molecule has 0 radical (unpaired) electrons. The van der Waals surface area contributed by atoms with Crippen LogP contribution in [0.25, 0.3) is 0 Å². The molecule has 0 aliphatic rings. The van der Waals surface area contributed by atoms with Gasteiger partial charge >= 0.3 is 0 Å². The molecule has 0 aromatic carbocycles. The normalized spacial score (nSPS) is 11.2. The summed E-state index contributed by atoms with van der Waals surface area (Å²) >= 11 is 0. The second-order valence-electron chi connectivity index (χ2n) is 7.80. The first kappa shape index (κ1) is 20.4. The molecule has 0 bridgehead atoms. The van der Waals surface area contributed by atoms with E-state index in [-0.39, 0.29) is 0 Å². The van der Waals surface area contributed by atoms with E-state index in [0.717, 1.165) is 5.92 Å². The van der Waals surface area contributed by atoms with Gasteiger partial charge in [-0.15, -0.1) is 0 Å². The third-order valence-electron chi connectivity index (χ3n) is 0.816. The minimum atomic E-state index is 0.500.